The molecule has 0 aliphatic heterocycles. The number of anilines is 3. The number of nitrogens with two attached hydrogens (primary N) is 1. The molecule has 0 bridgehead atoms. The Morgan fingerprint density at radius 2 is 2.05 bits per heavy atom. The summed E-state index contributed by atoms with van der Waals surface area (Å²) < 4.78 is 14.8. The molecule has 0 spiro atoms. The number of rotatable bonds is 2. The Balaban J connectivity index is 2.12. The normalized spacial score (nSPS) is 10.9. The molecule has 0 radical (unpaired) electrons. The number of fused-ring (bicyclic) bond motifs is 1. The van der Waals surface area contributed by atoms with Crippen molar-refractivity contribution < 1.29 is 4.39 Å². The molecule has 3 aromatic rings. The summed E-state index contributed by atoms with van der Waals surface area (Å²) in [6, 6.07) is 8.40. The average molecular weight is 381 g/mol. The van der Waals surface area contributed by atoms with E-state index in [-0.39, 0.29) is 10.7 Å². The first-order valence-corrected chi connectivity index (χ1v) is 7.70. The zero-order valence-electron chi connectivity index (χ0n) is 11.6. The first-order valence-electron chi connectivity index (χ1n) is 6.52. The highest BCUT2D eigenvalue weighted by atomic mass is 79.9. The van der Waals surface area contributed by atoms with Gasteiger partial charge in [-0.2, -0.15) is 0 Å². The molecule has 0 aliphatic rings. The van der Waals surface area contributed by atoms with Gasteiger partial charge in [0.15, 0.2) is 0 Å². The lowest BCUT2D eigenvalue weighted by molar-refractivity contribution is 0.632. The van der Waals surface area contributed by atoms with Crippen molar-refractivity contribution in [3.8, 4) is 0 Å². The highest BCUT2D eigenvalue weighted by Gasteiger charge is 2.13. The zero-order valence-corrected chi connectivity index (χ0v) is 14.0. The molecule has 2 aromatic carbocycles. The topological polar surface area (TPSA) is 50.9 Å². The van der Waals surface area contributed by atoms with E-state index in [1.54, 1.807) is 6.20 Å². The molecular formula is C16H12BrClFN3. The van der Waals surface area contributed by atoms with Gasteiger partial charge in [0.1, 0.15) is 5.82 Å². The van der Waals surface area contributed by atoms with Gasteiger partial charge in [0.25, 0.3) is 0 Å². The molecule has 112 valence electrons. The fraction of sp³-hybridized carbons (Fsp3) is 0.0625. The Labute approximate surface area is 140 Å². The van der Waals surface area contributed by atoms with E-state index >= 15 is 0 Å². The largest absolute Gasteiger partial charge is 0.397 e. The number of hydrogen-bond donors (Lipinski definition) is 2. The number of nitrogen functional groups attached to an aromatic ring is 1. The second kappa shape index (κ2) is 5.74. The maximum absolute atomic E-state index is 14.0. The van der Waals surface area contributed by atoms with E-state index in [0.29, 0.717) is 11.4 Å². The third-order valence-corrected chi connectivity index (χ3v) is 4.58. The van der Waals surface area contributed by atoms with E-state index in [1.165, 1.54) is 12.1 Å². The Bertz CT molecular complexity index is 883. The molecule has 0 fully saturated rings. The van der Waals surface area contributed by atoms with Gasteiger partial charge in [0.2, 0.25) is 0 Å². The fourth-order valence-electron chi connectivity index (χ4n) is 2.18. The Kier molecular flexibility index (Phi) is 3.93. The van der Waals surface area contributed by atoms with Crippen molar-refractivity contribution in [3.05, 3.63) is 57.4 Å². The number of benzene rings is 2. The molecule has 3 rings (SSSR count). The van der Waals surface area contributed by atoms with Gasteiger partial charge in [-0.05, 0) is 58.7 Å². The Morgan fingerprint density at radius 1 is 1.27 bits per heavy atom. The van der Waals surface area contributed by atoms with Crippen LogP contribution in [0, 0.1) is 12.7 Å². The van der Waals surface area contributed by atoms with Crippen LogP contribution in [-0.2, 0) is 0 Å². The van der Waals surface area contributed by atoms with Crippen LogP contribution < -0.4 is 11.1 Å². The standard InChI is InChI=1S/C16H12BrClFN3/c1-8-6-9-12(21-7-8)4-5-13(14(9)17)22-16-10(19)2-3-11(20)15(16)18/h2-7,22H,20H2,1H3. The maximum Gasteiger partial charge on any atom is 0.148 e. The molecule has 0 aliphatic carbocycles. The molecule has 0 saturated carbocycles. The molecule has 3 N–H and O–H groups in total. The minimum atomic E-state index is -0.464. The number of nitrogens with zero attached hydrogens (tertiary/aromatic N) is 1. The lowest BCUT2D eigenvalue weighted by Gasteiger charge is -2.14. The number of hydrogen-bond acceptors (Lipinski definition) is 3. The predicted molar refractivity (Wildman–Crippen MR) is 93.3 cm³/mol. The summed E-state index contributed by atoms with van der Waals surface area (Å²) in [5.41, 5.74) is 8.78. The van der Waals surface area contributed by atoms with Crippen LogP contribution in [0.3, 0.4) is 0 Å². The zero-order chi connectivity index (χ0) is 15.9. The quantitative estimate of drug-likeness (QED) is 0.583. The Morgan fingerprint density at radius 3 is 2.82 bits per heavy atom. The average Bonchev–Trinajstić information content (AvgIpc) is 2.50. The van der Waals surface area contributed by atoms with Gasteiger partial charge in [-0.3, -0.25) is 4.98 Å². The highest BCUT2D eigenvalue weighted by molar-refractivity contribution is 9.10. The van der Waals surface area contributed by atoms with Crippen molar-refractivity contribution in [2.45, 2.75) is 6.92 Å². The monoisotopic (exact) mass is 379 g/mol. The van der Waals surface area contributed by atoms with Gasteiger partial charge in [-0.25, -0.2) is 4.39 Å². The second-order valence-corrected chi connectivity index (χ2v) is 6.13. The lowest BCUT2D eigenvalue weighted by Crippen LogP contribution is -1.99. The minimum absolute atomic E-state index is 0.155. The Hall–Kier alpha value is -1.85. The highest BCUT2D eigenvalue weighted by Crippen LogP contribution is 2.37. The van der Waals surface area contributed by atoms with E-state index < -0.39 is 5.82 Å². The first kappa shape index (κ1) is 15.1. The second-order valence-electron chi connectivity index (χ2n) is 4.96. The maximum atomic E-state index is 14.0. The molecule has 3 nitrogen and oxygen atoms in total. The summed E-state index contributed by atoms with van der Waals surface area (Å²) in [7, 11) is 0. The van der Waals surface area contributed by atoms with Crippen molar-refractivity contribution in [2.24, 2.45) is 0 Å². The molecule has 22 heavy (non-hydrogen) atoms. The molecule has 0 unspecified atom stereocenters. The van der Waals surface area contributed by atoms with Crippen LogP contribution in [0.15, 0.2) is 41.0 Å². The lowest BCUT2D eigenvalue weighted by atomic mass is 10.1. The molecular weight excluding hydrogens is 369 g/mol. The van der Waals surface area contributed by atoms with Crippen molar-refractivity contribution in [1.29, 1.82) is 0 Å². The summed E-state index contributed by atoms with van der Waals surface area (Å²) in [5, 5.41) is 4.10. The van der Waals surface area contributed by atoms with Crippen molar-refractivity contribution >= 4 is 55.5 Å². The van der Waals surface area contributed by atoms with Gasteiger partial charge in [0, 0.05) is 11.6 Å². The van der Waals surface area contributed by atoms with E-state index in [0.717, 1.165) is 20.9 Å². The molecule has 0 amide bonds. The van der Waals surface area contributed by atoms with Crippen LogP contribution >= 0.6 is 27.5 Å². The summed E-state index contributed by atoms with van der Waals surface area (Å²) in [5.74, 6) is -0.464. The first-order chi connectivity index (χ1) is 10.5. The van der Waals surface area contributed by atoms with Crippen LogP contribution in [-0.4, -0.2) is 4.98 Å². The number of nitrogens with one attached hydrogen (secondary N) is 1. The van der Waals surface area contributed by atoms with Gasteiger partial charge in [0.05, 0.1) is 32.1 Å². The summed E-state index contributed by atoms with van der Waals surface area (Å²) >= 11 is 9.63. The SMILES string of the molecule is Cc1cnc2ccc(Nc3c(F)ccc(N)c3Cl)c(Br)c2c1. The van der Waals surface area contributed by atoms with E-state index in [9.17, 15) is 4.39 Å². The number of pyridine rings is 1. The molecule has 0 atom stereocenters. The summed E-state index contributed by atoms with van der Waals surface area (Å²) in [4.78, 5) is 4.36. The van der Waals surface area contributed by atoms with Gasteiger partial charge < -0.3 is 11.1 Å². The van der Waals surface area contributed by atoms with Gasteiger partial charge in [-0.1, -0.05) is 11.6 Å². The summed E-state index contributed by atoms with van der Waals surface area (Å²) in [6.07, 6.45) is 1.80. The minimum Gasteiger partial charge on any atom is -0.397 e. The van der Waals surface area contributed by atoms with Gasteiger partial charge >= 0.3 is 0 Å². The van der Waals surface area contributed by atoms with E-state index in [4.69, 9.17) is 17.3 Å². The van der Waals surface area contributed by atoms with E-state index in [1.807, 2.05) is 25.1 Å². The number of halogens is 3. The van der Waals surface area contributed by atoms with Gasteiger partial charge in [-0.15, -0.1) is 0 Å². The number of aromatic nitrogens is 1. The third-order valence-electron chi connectivity index (χ3n) is 3.32. The fourth-order valence-corrected chi connectivity index (χ4v) is 2.93. The number of aryl methyl sites for hydroxylation is 1. The molecule has 1 heterocycles. The van der Waals surface area contributed by atoms with Crippen LogP contribution in [0.1, 0.15) is 5.56 Å². The van der Waals surface area contributed by atoms with E-state index in [2.05, 4.69) is 26.2 Å². The smallest absolute Gasteiger partial charge is 0.148 e. The molecule has 1 aromatic heterocycles. The van der Waals surface area contributed by atoms with Crippen molar-refractivity contribution in [1.82, 2.24) is 4.98 Å². The summed E-state index contributed by atoms with van der Waals surface area (Å²) in [6.45, 7) is 1.97. The van der Waals surface area contributed by atoms with Crippen molar-refractivity contribution in [2.75, 3.05) is 11.1 Å². The van der Waals surface area contributed by atoms with Crippen molar-refractivity contribution in [3.63, 3.8) is 0 Å². The van der Waals surface area contributed by atoms with Crippen LogP contribution in [0.2, 0.25) is 5.02 Å². The van der Waals surface area contributed by atoms with Crippen LogP contribution in [0.5, 0.6) is 0 Å². The predicted octanol–water partition coefficient (Wildman–Crippen LogP) is 5.42. The van der Waals surface area contributed by atoms with Crippen LogP contribution in [0.4, 0.5) is 21.5 Å². The molecule has 6 heteroatoms. The third kappa shape index (κ3) is 2.62. The van der Waals surface area contributed by atoms with Crippen LogP contribution in [0.25, 0.3) is 10.9 Å². The molecule has 0 saturated heterocycles.